The Kier molecular flexibility index (Phi) is 6.50. The van der Waals surface area contributed by atoms with Gasteiger partial charge in [-0.25, -0.2) is 4.98 Å². The topological polar surface area (TPSA) is 25.8 Å². The maximum absolute atomic E-state index is 5.06. The van der Waals surface area contributed by atoms with Crippen LogP contribution in [-0.2, 0) is 5.41 Å². The fourth-order valence-electron chi connectivity index (χ4n) is 9.04. The second kappa shape index (κ2) is 11.6. The summed E-state index contributed by atoms with van der Waals surface area (Å²) in [5, 5.41) is 1.12. The number of hydrogen-bond donors (Lipinski definition) is 0. The summed E-state index contributed by atoms with van der Waals surface area (Å²) in [6, 6.07) is 68.5. The molecule has 0 amide bonds. The van der Waals surface area contributed by atoms with Gasteiger partial charge in [0.25, 0.3) is 0 Å². The van der Waals surface area contributed by atoms with Crippen molar-refractivity contribution in [3.8, 4) is 67.0 Å². The van der Waals surface area contributed by atoms with Gasteiger partial charge in [-0.05, 0) is 114 Å². The quantitative estimate of drug-likeness (QED) is 0.186. The van der Waals surface area contributed by atoms with Crippen LogP contribution in [0.3, 0.4) is 0 Å². The molecule has 0 bridgehead atoms. The lowest BCUT2D eigenvalue weighted by Crippen LogP contribution is -2.25. The Labute approximate surface area is 308 Å². The van der Waals surface area contributed by atoms with Crippen LogP contribution in [0.15, 0.2) is 194 Å². The van der Waals surface area contributed by atoms with Crippen LogP contribution in [-0.4, -0.2) is 9.97 Å². The molecule has 11 rings (SSSR count). The van der Waals surface area contributed by atoms with E-state index in [0.717, 1.165) is 39.0 Å². The van der Waals surface area contributed by atoms with E-state index in [-0.39, 0.29) is 5.41 Å². The van der Waals surface area contributed by atoms with Gasteiger partial charge in [0, 0.05) is 11.6 Å². The molecule has 0 saturated carbocycles. The van der Waals surface area contributed by atoms with Gasteiger partial charge in [0.1, 0.15) is 0 Å². The number of hydrogen-bond acceptors (Lipinski definition) is 2. The van der Waals surface area contributed by atoms with Crippen molar-refractivity contribution in [1.29, 1.82) is 0 Å². The average Bonchev–Trinajstić information content (AvgIpc) is 3.71. The molecule has 246 valence electrons. The molecule has 9 aromatic rings. The Morgan fingerprint density at radius 1 is 0.321 bits per heavy atom. The van der Waals surface area contributed by atoms with Gasteiger partial charge >= 0.3 is 0 Å². The van der Waals surface area contributed by atoms with Crippen molar-refractivity contribution in [3.63, 3.8) is 0 Å². The highest BCUT2D eigenvalue weighted by Crippen LogP contribution is 2.63. The molecule has 2 aliphatic carbocycles. The van der Waals surface area contributed by atoms with Crippen LogP contribution < -0.4 is 0 Å². The predicted molar refractivity (Wildman–Crippen MR) is 218 cm³/mol. The van der Waals surface area contributed by atoms with E-state index in [4.69, 9.17) is 4.98 Å². The Balaban J connectivity index is 1.02. The monoisotopic (exact) mass is 672 g/mol. The van der Waals surface area contributed by atoms with E-state index in [2.05, 4.69) is 175 Å². The first-order valence-corrected chi connectivity index (χ1v) is 18.2. The molecular formula is C51H32N2. The smallest absolute Gasteiger partial charge is 0.0900 e. The molecule has 0 fully saturated rings. The Bertz CT molecular complexity index is 2810. The lowest BCUT2D eigenvalue weighted by atomic mass is 9.70. The number of rotatable bonds is 4. The van der Waals surface area contributed by atoms with E-state index in [1.54, 1.807) is 0 Å². The van der Waals surface area contributed by atoms with Gasteiger partial charge in [-0.1, -0.05) is 152 Å². The molecule has 0 atom stereocenters. The SMILES string of the molecule is c1ccc(-c2cc(-c3ccccn3)nc3ccc(-c4ccc(-c5ccc6c(c5)C5(c7ccccc7-c7ccccc75)c5ccccc5-6)cc4)cc23)cc1. The maximum Gasteiger partial charge on any atom is 0.0900 e. The summed E-state index contributed by atoms with van der Waals surface area (Å²) in [6.45, 7) is 0. The third-order valence-corrected chi connectivity index (χ3v) is 11.4. The predicted octanol–water partition coefficient (Wildman–Crippen LogP) is 12.6. The largest absolute Gasteiger partial charge is 0.255 e. The van der Waals surface area contributed by atoms with Crippen LogP contribution in [0.1, 0.15) is 22.3 Å². The molecule has 53 heavy (non-hydrogen) atoms. The van der Waals surface area contributed by atoms with Crippen LogP contribution in [0, 0.1) is 0 Å². The van der Waals surface area contributed by atoms with E-state index in [1.165, 1.54) is 61.2 Å². The van der Waals surface area contributed by atoms with Gasteiger partial charge in [-0.15, -0.1) is 0 Å². The van der Waals surface area contributed by atoms with Crippen LogP contribution >= 0.6 is 0 Å². The van der Waals surface area contributed by atoms with Crippen molar-refractivity contribution in [2.75, 3.05) is 0 Å². The van der Waals surface area contributed by atoms with Gasteiger partial charge in [0.2, 0.25) is 0 Å². The molecule has 2 nitrogen and oxygen atoms in total. The third-order valence-electron chi connectivity index (χ3n) is 11.4. The first-order valence-electron chi connectivity index (χ1n) is 18.2. The van der Waals surface area contributed by atoms with E-state index in [0.29, 0.717) is 0 Å². The van der Waals surface area contributed by atoms with Crippen molar-refractivity contribution in [2.45, 2.75) is 5.41 Å². The Morgan fingerprint density at radius 3 is 1.47 bits per heavy atom. The third kappa shape index (κ3) is 4.39. The van der Waals surface area contributed by atoms with Gasteiger partial charge < -0.3 is 0 Å². The molecule has 1 spiro atoms. The Morgan fingerprint density at radius 2 is 0.849 bits per heavy atom. The van der Waals surface area contributed by atoms with Crippen molar-refractivity contribution < 1.29 is 0 Å². The molecule has 2 heteroatoms. The van der Waals surface area contributed by atoms with Crippen molar-refractivity contribution in [3.05, 3.63) is 217 Å². The first kappa shape index (κ1) is 29.8. The lowest BCUT2D eigenvalue weighted by Gasteiger charge is -2.30. The molecule has 0 radical (unpaired) electrons. The molecule has 0 unspecified atom stereocenters. The molecule has 7 aromatic carbocycles. The highest BCUT2D eigenvalue weighted by Gasteiger charge is 2.51. The van der Waals surface area contributed by atoms with E-state index < -0.39 is 0 Å². The summed E-state index contributed by atoms with van der Waals surface area (Å²) < 4.78 is 0. The summed E-state index contributed by atoms with van der Waals surface area (Å²) in [5.74, 6) is 0. The van der Waals surface area contributed by atoms with Crippen LogP contribution in [0.5, 0.6) is 0 Å². The number of pyridine rings is 2. The summed E-state index contributed by atoms with van der Waals surface area (Å²) in [5.41, 5.74) is 20.2. The van der Waals surface area contributed by atoms with Gasteiger partial charge in [0.05, 0.1) is 22.3 Å². The highest BCUT2D eigenvalue weighted by atomic mass is 14.8. The lowest BCUT2D eigenvalue weighted by molar-refractivity contribution is 0.794. The number of fused-ring (bicyclic) bond motifs is 11. The average molecular weight is 673 g/mol. The molecule has 2 aromatic heterocycles. The fraction of sp³-hybridized carbons (Fsp3) is 0.0196. The molecule has 0 aliphatic heterocycles. The van der Waals surface area contributed by atoms with Crippen molar-refractivity contribution in [1.82, 2.24) is 9.97 Å². The van der Waals surface area contributed by atoms with Crippen LogP contribution in [0.2, 0.25) is 0 Å². The van der Waals surface area contributed by atoms with Crippen LogP contribution in [0.25, 0.3) is 77.9 Å². The van der Waals surface area contributed by atoms with Crippen molar-refractivity contribution >= 4 is 10.9 Å². The van der Waals surface area contributed by atoms with E-state index in [9.17, 15) is 0 Å². The zero-order valence-electron chi connectivity index (χ0n) is 28.9. The van der Waals surface area contributed by atoms with Crippen LogP contribution in [0.4, 0.5) is 0 Å². The van der Waals surface area contributed by atoms with Gasteiger partial charge in [-0.2, -0.15) is 0 Å². The summed E-state index contributed by atoms with van der Waals surface area (Å²) in [4.78, 5) is 9.66. The molecule has 2 aliphatic rings. The van der Waals surface area contributed by atoms with Crippen molar-refractivity contribution in [2.24, 2.45) is 0 Å². The molecule has 2 heterocycles. The molecule has 0 saturated heterocycles. The van der Waals surface area contributed by atoms with Gasteiger partial charge in [0.15, 0.2) is 0 Å². The van der Waals surface area contributed by atoms with E-state index in [1.807, 2.05) is 24.4 Å². The fourth-order valence-corrected chi connectivity index (χ4v) is 9.04. The zero-order chi connectivity index (χ0) is 34.9. The molecule has 0 N–H and O–H groups in total. The second-order valence-corrected chi connectivity index (χ2v) is 14.1. The Hall–Kier alpha value is -6.90. The standard InChI is InChI=1S/C51H32N2/c1-2-12-35(13-3-1)42-32-50(49-20-10-11-29-52-49)53-48-28-26-36(30-43(42)48)33-21-23-34(24-22-33)37-25-27-41-40-16-6-9-19-46(40)51(47(41)31-37)44-17-7-4-14-38(44)39-15-5-8-18-45(39)51/h1-32H. The number of nitrogens with zero attached hydrogens (tertiary/aromatic N) is 2. The normalized spacial score (nSPS) is 13.1. The summed E-state index contributed by atoms with van der Waals surface area (Å²) in [6.07, 6.45) is 1.82. The van der Waals surface area contributed by atoms with Gasteiger partial charge in [-0.3, -0.25) is 4.98 Å². The minimum atomic E-state index is -0.346. The maximum atomic E-state index is 5.06. The number of aromatic nitrogens is 2. The molecular weight excluding hydrogens is 641 g/mol. The summed E-state index contributed by atoms with van der Waals surface area (Å²) >= 11 is 0. The first-order chi connectivity index (χ1) is 26.3. The second-order valence-electron chi connectivity index (χ2n) is 14.1. The zero-order valence-corrected chi connectivity index (χ0v) is 28.9. The highest BCUT2D eigenvalue weighted by molar-refractivity contribution is 5.99. The minimum Gasteiger partial charge on any atom is -0.255 e. The number of benzene rings is 7. The van der Waals surface area contributed by atoms with E-state index >= 15 is 0 Å². The minimum absolute atomic E-state index is 0.346. The summed E-state index contributed by atoms with van der Waals surface area (Å²) in [7, 11) is 0.